The van der Waals surface area contributed by atoms with E-state index in [0.717, 1.165) is 48.3 Å². The van der Waals surface area contributed by atoms with Crippen molar-refractivity contribution in [2.24, 2.45) is 7.05 Å². The van der Waals surface area contributed by atoms with E-state index in [1.54, 1.807) is 7.05 Å². The Hall–Kier alpha value is -2.57. The predicted molar refractivity (Wildman–Crippen MR) is 113 cm³/mol. The summed E-state index contributed by atoms with van der Waals surface area (Å²) < 4.78 is 3.43. The molecule has 0 bridgehead atoms. The Balaban J connectivity index is 1.42. The van der Waals surface area contributed by atoms with Crippen LogP contribution in [0.25, 0.3) is 0 Å². The number of aryl methyl sites for hydroxylation is 3. The lowest BCUT2D eigenvalue weighted by Gasteiger charge is -2.32. The first kappa shape index (κ1) is 19.7. The van der Waals surface area contributed by atoms with Gasteiger partial charge < -0.3 is 10.2 Å². The molecule has 0 spiro atoms. The highest BCUT2D eigenvalue weighted by Crippen LogP contribution is 2.33. The third-order valence-electron chi connectivity index (χ3n) is 6.29. The molecule has 2 amide bonds. The Kier molecular flexibility index (Phi) is 5.48. The van der Waals surface area contributed by atoms with Crippen LogP contribution in [0.4, 0.5) is 10.5 Å². The number of carbonyl (C=O) groups excluding carboxylic acids is 1. The third-order valence-corrected chi connectivity index (χ3v) is 6.29. The van der Waals surface area contributed by atoms with E-state index in [4.69, 9.17) is 0 Å². The van der Waals surface area contributed by atoms with Crippen molar-refractivity contribution in [3.63, 3.8) is 0 Å². The van der Waals surface area contributed by atoms with Gasteiger partial charge in [-0.3, -0.25) is 4.57 Å². The van der Waals surface area contributed by atoms with Gasteiger partial charge in [0.05, 0.1) is 0 Å². The van der Waals surface area contributed by atoms with E-state index >= 15 is 0 Å². The molecule has 1 aromatic heterocycles. The van der Waals surface area contributed by atoms with Crippen molar-refractivity contribution in [1.82, 2.24) is 19.2 Å². The molecular weight excluding hydrogens is 366 g/mol. The van der Waals surface area contributed by atoms with Gasteiger partial charge in [-0.1, -0.05) is 18.9 Å². The average molecular weight is 398 g/mol. The standard InChI is InChI=1S/C22H31N5O2/c1-15-12-16(2)14-18(13-15)23-21(28)26-10-8-17(9-11-26)20-24-25(3)22(29)27(20)19-6-4-5-7-19/h12-14,17,19H,4-11H2,1-3H3,(H,23,28). The largest absolute Gasteiger partial charge is 0.345 e. The number of amides is 2. The summed E-state index contributed by atoms with van der Waals surface area (Å²) in [6, 6.07) is 6.31. The zero-order valence-corrected chi connectivity index (χ0v) is 17.6. The van der Waals surface area contributed by atoms with Crippen LogP contribution < -0.4 is 11.0 Å². The number of piperidine rings is 1. The number of rotatable bonds is 3. The first-order valence-electron chi connectivity index (χ1n) is 10.7. The molecule has 4 rings (SSSR count). The molecule has 1 saturated heterocycles. The van der Waals surface area contributed by atoms with Crippen molar-refractivity contribution in [3.8, 4) is 0 Å². The molecule has 1 saturated carbocycles. The van der Waals surface area contributed by atoms with Crippen LogP contribution in [0.1, 0.15) is 67.4 Å². The maximum Gasteiger partial charge on any atom is 0.345 e. The average Bonchev–Trinajstić information content (AvgIpc) is 3.29. The third kappa shape index (κ3) is 4.09. The minimum absolute atomic E-state index is 0.00175. The minimum atomic E-state index is -0.0531. The lowest BCUT2D eigenvalue weighted by atomic mass is 9.95. The van der Waals surface area contributed by atoms with E-state index in [0.29, 0.717) is 13.1 Å². The van der Waals surface area contributed by atoms with E-state index < -0.39 is 0 Å². The Morgan fingerprint density at radius 3 is 2.28 bits per heavy atom. The number of urea groups is 1. The Morgan fingerprint density at radius 2 is 1.66 bits per heavy atom. The van der Waals surface area contributed by atoms with Crippen molar-refractivity contribution in [3.05, 3.63) is 45.6 Å². The summed E-state index contributed by atoms with van der Waals surface area (Å²) in [5.41, 5.74) is 3.12. The highest BCUT2D eigenvalue weighted by atomic mass is 16.2. The van der Waals surface area contributed by atoms with Crippen molar-refractivity contribution in [2.75, 3.05) is 18.4 Å². The SMILES string of the molecule is Cc1cc(C)cc(NC(=O)N2CCC(c3nn(C)c(=O)n3C3CCCC3)CC2)c1. The van der Waals surface area contributed by atoms with Crippen molar-refractivity contribution in [1.29, 1.82) is 0 Å². The number of aromatic nitrogens is 3. The molecule has 2 heterocycles. The second-order valence-electron chi connectivity index (χ2n) is 8.64. The van der Waals surface area contributed by atoms with Gasteiger partial charge in [0.25, 0.3) is 0 Å². The highest BCUT2D eigenvalue weighted by molar-refractivity contribution is 5.89. The maximum atomic E-state index is 12.7. The number of nitrogens with zero attached hydrogens (tertiary/aromatic N) is 4. The van der Waals surface area contributed by atoms with E-state index in [2.05, 4.69) is 16.5 Å². The number of anilines is 1. The summed E-state index contributed by atoms with van der Waals surface area (Å²) in [5, 5.41) is 7.61. The Morgan fingerprint density at radius 1 is 1.03 bits per heavy atom. The second-order valence-corrected chi connectivity index (χ2v) is 8.64. The molecule has 1 aliphatic heterocycles. The summed E-state index contributed by atoms with van der Waals surface area (Å²) in [7, 11) is 1.74. The first-order valence-corrected chi connectivity index (χ1v) is 10.7. The molecule has 2 aromatic rings. The molecule has 1 aromatic carbocycles. The number of benzene rings is 1. The fourth-order valence-electron chi connectivity index (χ4n) is 4.87. The van der Waals surface area contributed by atoms with Crippen LogP contribution in [0.15, 0.2) is 23.0 Å². The Labute approximate surface area is 171 Å². The molecule has 2 fully saturated rings. The van der Waals surface area contributed by atoms with Gasteiger partial charge in [0.15, 0.2) is 0 Å². The van der Waals surface area contributed by atoms with Crippen molar-refractivity contribution in [2.45, 2.75) is 64.3 Å². The maximum absolute atomic E-state index is 12.7. The van der Waals surface area contributed by atoms with E-state index in [-0.39, 0.29) is 23.7 Å². The summed E-state index contributed by atoms with van der Waals surface area (Å²) in [6.45, 7) is 5.42. The summed E-state index contributed by atoms with van der Waals surface area (Å²) >= 11 is 0. The van der Waals surface area contributed by atoms with Crippen LogP contribution in [0, 0.1) is 13.8 Å². The van der Waals surface area contributed by atoms with Crippen molar-refractivity contribution < 1.29 is 4.79 Å². The zero-order chi connectivity index (χ0) is 20.5. The van der Waals surface area contributed by atoms with Gasteiger partial charge in [-0.05, 0) is 62.8 Å². The summed E-state index contributed by atoms with van der Waals surface area (Å²) in [5.74, 6) is 1.15. The summed E-state index contributed by atoms with van der Waals surface area (Å²) in [6.07, 6.45) is 6.17. The van der Waals surface area contributed by atoms with Crippen molar-refractivity contribution >= 4 is 11.7 Å². The summed E-state index contributed by atoms with van der Waals surface area (Å²) in [4.78, 5) is 27.2. The fraction of sp³-hybridized carbons (Fsp3) is 0.591. The molecule has 0 atom stereocenters. The molecule has 1 aliphatic carbocycles. The van der Waals surface area contributed by atoms with Crippen LogP contribution in [0.2, 0.25) is 0 Å². The molecular formula is C22H31N5O2. The molecule has 1 N–H and O–H groups in total. The first-order chi connectivity index (χ1) is 13.9. The number of likely N-dealkylation sites (tertiary alicyclic amines) is 1. The lowest BCUT2D eigenvalue weighted by molar-refractivity contribution is 0.192. The topological polar surface area (TPSA) is 72.2 Å². The Bertz CT molecular complexity index is 926. The van der Waals surface area contributed by atoms with Gasteiger partial charge in [0.1, 0.15) is 5.82 Å². The monoisotopic (exact) mass is 397 g/mol. The molecule has 156 valence electrons. The molecule has 0 radical (unpaired) electrons. The van der Waals surface area contributed by atoms with Gasteiger partial charge in [-0.2, -0.15) is 5.10 Å². The molecule has 7 nitrogen and oxygen atoms in total. The van der Waals surface area contributed by atoms with Crippen LogP contribution in [-0.2, 0) is 7.05 Å². The molecule has 2 aliphatic rings. The minimum Gasteiger partial charge on any atom is -0.324 e. The number of hydrogen-bond acceptors (Lipinski definition) is 3. The van der Waals surface area contributed by atoms with Crippen LogP contribution in [0.5, 0.6) is 0 Å². The number of nitrogens with one attached hydrogen (secondary N) is 1. The highest BCUT2D eigenvalue weighted by Gasteiger charge is 2.31. The quantitative estimate of drug-likeness (QED) is 0.858. The van der Waals surface area contributed by atoms with Gasteiger partial charge in [-0.15, -0.1) is 0 Å². The number of carbonyl (C=O) groups is 1. The normalized spacial score (nSPS) is 18.4. The smallest absolute Gasteiger partial charge is 0.324 e. The second kappa shape index (κ2) is 8.05. The van der Waals surface area contributed by atoms with Gasteiger partial charge in [0, 0.05) is 37.8 Å². The molecule has 29 heavy (non-hydrogen) atoms. The molecule has 0 unspecified atom stereocenters. The molecule has 7 heteroatoms. The van der Waals surface area contributed by atoms with Gasteiger partial charge >= 0.3 is 11.7 Å². The van der Waals surface area contributed by atoms with E-state index in [9.17, 15) is 9.59 Å². The van der Waals surface area contributed by atoms with Crippen LogP contribution >= 0.6 is 0 Å². The fourth-order valence-corrected chi connectivity index (χ4v) is 4.87. The van der Waals surface area contributed by atoms with Gasteiger partial charge in [0.2, 0.25) is 0 Å². The van der Waals surface area contributed by atoms with E-state index in [1.807, 2.05) is 35.4 Å². The van der Waals surface area contributed by atoms with Crippen LogP contribution in [0.3, 0.4) is 0 Å². The predicted octanol–water partition coefficient (Wildman–Crippen LogP) is 3.73. The van der Waals surface area contributed by atoms with E-state index in [1.165, 1.54) is 17.5 Å². The number of hydrogen-bond donors (Lipinski definition) is 1. The lowest BCUT2D eigenvalue weighted by Crippen LogP contribution is -2.41. The van der Waals surface area contributed by atoms with Gasteiger partial charge in [-0.25, -0.2) is 14.3 Å². The van der Waals surface area contributed by atoms with Crippen LogP contribution in [-0.4, -0.2) is 38.4 Å². The zero-order valence-electron chi connectivity index (χ0n) is 17.6.